The van der Waals surface area contributed by atoms with Gasteiger partial charge in [-0.3, -0.25) is 4.99 Å². The lowest BCUT2D eigenvalue weighted by atomic mass is 10.2. The molecule has 1 aromatic carbocycles. The third-order valence-corrected chi connectivity index (χ3v) is 4.26. The Morgan fingerprint density at radius 1 is 1.14 bits per heavy atom. The van der Waals surface area contributed by atoms with Crippen LogP contribution in [-0.4, -0.2) is 13.0 Å². The van der Waals surface area contributed by atoms with Crippen molar-refractivity contribution in [2.75, 3.05) is 7.05 Å². The Labute approximate surface area is 151 Å². The van der Waals surface area contributed by atoms with Gasteiger partial charge in [0, 0.05) is 23.5 Å². The molecule has 114 valence electrons. The van der Waals surface area contributed by atoms with E-state index in [1.807, 2.05) is 24.3 Å². The van der Waals surface area contributed by atoms with E-state index in [-0.39, 0.29) is 24.0 Å². The van der Waals surface area contributed by atoms with Gasteiger partial charge in [0.2, 0.25) is 0 Å². The zero-order valence-corrected chi connectivity index (χ0v) is 15.9. The number of aryl methyl sites for hydroxylation is 1. The van der Waals surface area contributed by atoms with Gasteiger partial charge >= 0.3 is 0 Å². The van der Waals surface area contributed by atoms with Gasteiger partial charge in [-0.15, -0.1) is 35.3 Å². The van der Waals surface area contributed by atoms with Gasteiger partial charge < -0.3 is 10.6 Å². The standard InChI is InChI=1S/C15H18ClN3S.HI/c1-11-7-8-20-14(11)10-19-15(17-2)18-9-12-3-5-13(16)6-4-12;/h3-8H,9-10H2,1-2H3,(H2,17,18,19);1H. The van der Waals surface area contributed by atoms with Crippen molar-refractivity contribution in [3.05, 3.63) is 56.7 Å². The highest BCUT2D eigenvalue weighted by Crippen LogP contribution is 2.14. The highest BCUT2D eigenvalue weighted by molar-refractivity contribution is 14.0. The first kappa shape index (κ1) is 18.3. The lowest BCUT2D eigenvalue weighted by Gasteiger charge is -2.11. The van der Waals surface area contributed by atoms with Crippen LogP contribution in [0.4, 0.5) is 0 Å². The molecule has 0 aliphatic heterocycles. The summed E-state index contributed by atoms with van der Waals surface area (Å²) in [5, 5.41) is 9.47. The van der Waals surface area contributed by atoms with Gasteiger partial charge in [0.05, 0.1) is 6.54 Å². The van der Waals surface area contributed by atoms with E-state index in [9.17, 15) is 0 Å². The maximum Gasteiger partial charge on any atom is 0.191 e. The van der Waals surface area contributed by atoms with Crippen LogP contribution in [0.2, 0.25) is 5.02 Å². The average molecular weight is 436 g/mol. The van der Waals surface area contributed by atoms with Crippen molar-refractivity contribution in [1.82, 2.24) is 10.6 Å². The molecule has 2 rings (SSSR count). The Morgan fingerprint density at radius 3 is 2.38 bits per heavy atom. The minimum atomic E-state index is 0. The monoisotopic (exact) mass is 435 g/mol. The summed E-state index contributed by atoms with van der Waals surface area (Å²) >= 11 is 7.63. The molecule has 0 unspecified atom stereocenters. The molecular formula is C15H19ClIN3S. The van der Waals surface area contributed by atoms with Crippen molar-refractivity contribution in [2.24, 2.45) is 4.99 Å². The molecule has 0 aliphatic carbocycles. The molecule has 0 amide bonds. The fourth-order valence-electron chi connectivity index (χ4n) is 1.76. The number of nitrogens with one attached hydrogen (secondary N) is 2. The van der Waals surface area contributed by atoms with Crippen LogP contribution in [0.3, 0.4) is 0 Å². The van der Waals surface area contributed by atoms with Crippen molar-refractivity contribution in [3.63, 3.8) is 0 Å². The van der Waals surface area contributed by atoms with Crippen molar-refractivity contribution in [2.45, 2.75) is 20.0 Å². The second-order valence-corrected chi connectivity index (χ2v) is 5.87. The number of halogens is 2. The van der Waals surface area contributed by atoms with E-state index in [4.69, 9.17) is 11.6 Å². The maximum atomic E-state index is 5.87. The summed E-state index contributed by atoms with van der Waals surface area (Å²) in [5.74, 6) is 0.799. The predicted octanol–water partition coefficient (Wildman–Crippen LogP) is 4.19. The van der Waals surface area contributed by atoms with E-state index in [1.54, 1.807) is 18.4 Å². The van der Waals surface area contributed by atoms with Crippen LogP contribution in [0.15, 0.2) is 40.7 Å². The molecule has 21 heavy (non-hydrogen) atoms. The summed E-state index contributed by atoms with van der Waals surface area (Å²) in [6.07, 6.45) is 0. The molecule has 3 nitrogen and oxygen atoms in total. The molecule has 0 saturated carbocycles. The lowest BCUT2D eigenvalue weighted by molar-refractivity contribution is 0.813. The first-order valence-corrected chi connectivity index (χ1v) is 7.66. The van der Waals surface area contributed by atoms with Gasteiger partial charge in [0.1, 0.15) is 0 Å². The Bertz CT molecular complexity index is 581. The first-order chi connectivity index (χ1) is 9.69. The van der Waals surface area contributed by atoms with Crippen LogP contribution < -0.4 is 10.6 Å². The molecule has 2 N–H and O–H groups in total. The second kappa shape index (κ2) is 9.27. The summed E-state index contributed by atoms with van der Waals surface area (Å²) < 4.78 is 0. The number of nitrogens with zero attached hydrogens (tertiary/aromatic N) is 1. The molecule has 0 fully saturated rings. The molecule has 2 aromatic rings. The predicted molar refractivity (Wildman–Crippen MR) is 103 cm³/mol. The van der Waals surface area contributed by atoms with Gasteiger partial charge in [-0.05, 0) is 41.6 Å². The van der Waals surface area contributed by atoms with Crippen LogP contribution in [0.1, 0.15) is 16.0 Å². The summed E-state index contributed by atoms with van der Waals surface area (Å²) in [4.78, 5) is 5.56. The smallest absolute Gasteiger partial charge is 0.191 e. The topological polar surface area (TPSA) is 36.4 Å². The average Bonchev–Trinajstić information content (AvgIpc) is 2.86. The van der Waals surface area contributed by atoms with Crippen molar-refractivity contribution in [1.29, 1.82) is 0 Å². The van der Waals surface area contributed by atoms with Crippen molar-refractivity contribution < 1.29 is 0 Å². The van der Waals surface area contributed by atoms with E-state index in [0.717, 1.165) is 24.1 Å². The molecule has 0 saturated heterocycles. The quantitative estimate of drug-likeness (QED) is 0.429. The molecule has 1 heterocycles. The Hall–Kier alpha value is -0.790. The number of rotatable bonds is 4. The molecule has 0 aliphatic rings. The third-order valence-electron chi connectivity index (χ3n) is 2.98. The van der Waals surface area contributed by atoms with E-state index < -0.39 is 0 Å². The van der Waals surface area contributed by atoms with Crippen molar-refractivity contribution >= 4 is 52.9 Å². The summed E-state index contributed by atoms with van der Waals surface area (Å²) in [7, 11) is 1.78. The Morgan fingerprint density at radius 2 is 1.81 bits per heavy atom. The van der Waals surface area contributed by atoms with Crippen LogP contribution in [0.25, 0.3) is 0 Å². The van der Waals surface area contributed by atoms with E-state index in [2.05, 4.69) is 34.0 Å². The largest absolute Gasteiger partial charge is 0.352 e. The Kier molecular flexibility index (Phi) is 8.06. The van der Waals surface area contributed by atoms with Crippen molar-refractivity contribution in [3.8, 4) is 0 Å². The number of guanidine groups is 1. The fourth-order valence-corrected chi connectivity index (χ4v) is 2.73. The van der Waals surface area contributed by atoms with E-state index >= 15 is 0 Å². The molecule has 6 heteroatoms. The summed E-state index contributed by atoms with van der Waals surface area (Å²) in [6, 6.07) is 9.93. The van der Waals surface area contributed by atoms with Gasteiger partial charge in [0.25, 0.3) is 0 Å². The SMILES string of the molecule is CN=C(NCc1ccc(Cl)cc1)NCc1sccc1C.I. The summed E-state index contributed by atoms with van der Waals surface area (Å²) in [6.45, 7) is 3.64. The highest BCUT2D eigenvalue weighted by atomic mass is 127. The molecule has 1 aromatic heterocycles. The number of benzene rings is 1. The number of hydrogen-bond donors (Lipinski definition) is 2. The fraction of sp³-hybridized carbons (Fsp3) is 0.267. The van der Waals surface area contributed by atoms with Gasteiger partial charge in [0.15, 0.2) is 5.96 Å². The van der Waals surface area contributed by atoms with Gasteiger partial charge in [-0.25, -0.2) is 0 Å². The van der Waals surface area contributed by atoms with Gasteiger partial charge in [-0.2, -0.15) is 0 Å². The minimum Gasteiger partial charge on any atom is -0.352 e. The van der Waals surface area contributed by atoms with Crippen LogP contribution in [-0.2, 0) is 13.1 Å². The number of aliphatic imine (C=N–C) groups is 1. The first-order valence-electron chi connectivity index (χ1n) is 6.41. The zero-order valence-electron chi connectivity index (χ0n) is 12.0. The second-order valence-electron chi connectivity index (χ2n) is 4.43. The van der Waals surface area contributed by atoms with E-state index in [1.165, 1.54) is 16.0 Å². The molecule has 0 radical (unpaired) electrons. The van der Waals surface area contributed by atoms with E-state index in [0.29, 0.717) is 0 Å². The Balaban J connectivity index is 0.00000220. The van der Waals surface area contributed by atoms with Crippen LogP contribution in [0, 0.1) is 6.92 Å². The van der Waals surface area contributed by atoms with Gasteiger partial charge in [-0.1, -0.05) is 23.7 Å². The molecular weight excluding hydrogens is 417 g/mol. The molecule has 0 atom stereocenters. The third kappa shape index (κ3) is 5.84. The number of hydrogen-bond acceptors (Lipinski definition) is 2. The molecule has 0 spiro atoms. The minimum absolute atomic E-state index is 0. The summed E-state index contributed by atoms with van der Waals surface area (Å²) in [5.41, 5.74) is 2.49. The highest BCUT2D eigenvalue weighted by Gasteiger charge is 2.02. The van der Waals surface area contributed by atoms with Crippen LogP contribution >= 0.6 is 46.9 Å². The normalized spacial score (nSPS) is 10.9. The van der Waals surface area contributed by atoms with Crippen LogP contribution in [0.5, 0.6) is 0 Å². The number of thiophene rings is 1. The maximum absolute atomic E-state index is 5.87. The molecule has 0 bridgehead atoms. The lowest BCUT2D eigenvalue weighted by Crippen LogP contribution is -2.36. The zero-order chi connectivity index (χ0) is 14.4.